The fraction of sp³-hybridized carbons (Fsp3) is 0.100. The van der Waals surface area contributed by atoms with Gasteiger partial charge in [-0.25, -0.2) is 0 Å². The summed E-state index contributed by atoms with van der Waals surface area (Å²) < 4.78 is 5.95. The van der Waals surface area contributed by atoms with Gasteiger partial charge in [0.2, 0.25) is 5.91 Å². The fourth-order valence-electron chi connectivity index (χ4n) is 2.97. The van der Waals surface area contributed by atoms with Gasteiger partial charge >= 0.3 is 0 Å². The summed E-state index contributed by atoms with van der Waals surface area (Å²) in [6.45, 7) is 0. The minimum Gasteiger partial charge on any atom is -0.457 e. The van der Waals surface area contributed by atoms with E-state index in [2.05, 4.69) is 10.3 Å². The minimum absolute atomic E-state index is 0.0421. The van der Waals surface area contributed by atoms with Crippen LogP contribution >= 0.6 is 0 Å². The summed E-state index contributed by atoms with van der Waals surface area (Å²) in [5.41, 5.74) is 2.83. The quantitative estimate of drug-likeness (QED) is 0.802. The number of hydrogen-bond acceptors (Lipinski definition) is 3. The van der Waals surface area contributed by atoms with E-state index in [4.69, 9.17) is 4.74 Å². The third-order valence-corrected chi connectivity index (χ3v) is 4.07. The molecule has 4 heteroatoms. The number of nitrogens with one attached hydrogen (secondary N) is 1. The summed E-state index contributed by atoms with van der Waals surface area (Å²) in [6, 6.07) is 19.1. The third-order valence-electron chi connectivity index (χ3n) is 4.07. The van der Waals surface area contributed by atoms with Crippen LogP contribution in [-0.2, 0) is 11.2 Å². The highest BCUT2D eigenvalue weighted by molar-refractivity contribution is 5.80. The van der Waals surface area contributed by atoms with E-state index in [1.807, 2.05) is 60.7 Å². The Morgan fingerprint density at radius 2 is 1.62 bits per heavy atom. The maximum absolute atomic E-state index is 12.5. The standard InChI is InChI=1S/C20H16N2O2/c23-19(12-14-6-5-11-21-13-14)22-20-15-7-1-3-9-17(15)24-18-10-4-2-8-16(18)20/h1-11,13,20H,12H2,(H,22,23). The number of para-hydroxylation sites is 2. The lowest BCUT2D eigenvalue weighted by Gasteiger charge is -2.28. The maximum Gasteiger partial charge on any atom is 0.225 e. The molecule has 118 valence electrons. The molecule has 0 aliphatic carbocycles. The number of amides is 1. The van der Waals surface area contributed by atoms with Crippen LogP contribution in [0, 0.1) is 0 Å². The summed E-state index contributed by atoms with van der Waals surface area (Å²) >= 11 is 0. The van der Waals surface area contributed by atoms with Crippen LogP contribution in [0.3, 0.4) is 0 Å². The van der Waals surface area contributed by atoms with Gasteiger partial charge in [-0.1, -0.05) is 42.5 Å². The zero-order valence-electron chi connectivity index (χ0n) is 13.0. The molecule has 0 bridgehead atoms. The van der Waals surface area contributed by atoms with Gasteiger partial charge in [0, 0.05) is 23.5 Å². The summed E-state index contributed by atoms with van der Waals surface area (Å²) in [4.78, 5) is 16.6. The molecule has 1 N–H and O–H groups in total. The van der Waals surface area contributed by atoms with Gasteiger partial charge in [0.25, 0.3) is 0 Å². The number of benzene rings is 2. The molecule has 1 aromatic heterocycles. The molecule has 2 aromatic carbocycles. The van der Waals surface area contributed by atoms with Gasteiger partial charge in [-0.2, -0.15) is 0 Å². The second kappa shape index (κ2) is 6.16. The number of carbonyl (C=O) groups is 1. The summed E-state index contributed by atoms with van der Waals surface area (Å²) in [5.74, 6) is 1.52. The molecule has 4 rings (SSSR count). The van der Waals surface area contributed by atoms with Crippen LogP contribution in [0.25, 0.3) is 0 Å². The summed E-state index contributed by atoms with van der Waals surface area (Å²) in [7, 11) is 0. The van der Waals surface area contributed by atoms with Gasteiger partial charge in [-0.05, 0) is 23.8 Å². The number of aromatic nitrogens is 1. The van der Waals surface area contributed by atoms with E-state index in [9.17, 15) is 4.79 Å². The average Bonchev–Trinajstić information content (AvgIpc) is 2.62. The highest BCUT2D eigenvalue weighted by Crippen LogP contribution is 2.42. The topological polar surface area (TPSA) is 51.2 Å². The second-order valence-electron chi connectivity index (χ2n) is 5.72. The molecular weight excluding hydrogens is 300 g/mol. The molecule has 0 atom stereocenters. The average molecular weight is 316 g/mol. The largest absolute Gasteiger partial charge is 0.457 e. The first-order valence-corrected chi connectivity index (χ1v) is 7.85. The Balaban J connectivity index is 1.64. The lowest BCUT2D eigenvalue weighted by atomic mass is 9.94. The number of pyridine rings is 1. The molecule has 1 aliphatic rings. The van der Waals surface area contributed by atoms with Gasteiger partial charge < -0.3 is 10.1 Å². The van der Waals surface area contributed by atoms with Crippen molar-refractivity contribution in [1.29, 1.82) is 0 Å². The molecule has 24 heavy (non-hydrogen) atoms. The highest BCUT2D eigenvalue weighted by atomic mass is 16.5. The normalized spacial score (nSPS) is 12.7. The Bertz CT molecular complexity index is 832. The van der Waals surface area contributed by atoms with Crippen molar-refractivity contribution in [2.75, 3.05) is 0 Å². The van der Waals surface area contributed by atoms with E-state index in [0.29, 0.717) is 6.42 Å². The highest BCUT2D eigenvalue weighted by Gasteiger charge is 2.27. The van der Waals surface area contributed by atoms with Gasteiger partial charge in [0.1, 0.15) is 11.5 Å². The lowest BCUT2D eigenvalue weighted by Crippen LogP contribution is -2.32. The molecule has 3 aromatic rings. The molecule has 0 saturated carbocycles. The van der Waals surface area contributed by atoms with E-state index < -0.39 is 0 Å². The van der Waals surface area contributed by atoms with Crippen molar-refractivity contribution in [2.24, 2.45) is 0 Å². The maximum atomic E-state index is 12.5. The first-order chi connectivity index (χ1) is 11.8. The van der Waals surface area contributed by atoms with Crippen molar-refractivity contribution in [3.05, 3.63) is 89.7 Å². The Kier molecular flexibility index (Phi) is 3.71. The molecular formula is C20H16N2O2. The van der Waals surface area contributed by atoms with E-state index in [1.54, 1.807) is 12.4 Å². The molecule has 4 nitrogen and oxygen atoms in total. The zero-order valence-corrected chi connectivity index (χ0v) is 13.0. The van der Waals surface area contributed by atoms with Crippen LogP contribution in [0.5, 0.6) is 11.5 Å². The SMILES string of the molecule is O=C(Cc1cccnc1)NC1c2ccccc2Oc2ccccc21. The zero-order chi connectivity index (χ0) is 16.4. The molecule has 0 unspecified atom stereocenters. The monoisotopic (exact) mass is 316 g/mol. The molecule has 0 radical (unpaired) electrons. The van der Waals surface area contributed by atoms with Gasteiger partial charge in [0.15, 0.2) is 0 Å². The smallest absolute Gasteiger partial charge is 0.225 e. The number of nitrogens with zero attached hydrogens (tertiary/aromatic N) is 1. The Hall–Kier alpha value is -3.14. The summed E-state index contributed by atoms with van der Waals surface area (Å²) in [5, 5.41) is 3.13. The summed E-state index contributed by atoms with van der Waals surface area (Å²) in [6.07, 6.45) is 3.72. The number of hydrogen-bond donors (Lipinski definition) is 1. The molecule has 1 amide bonds. The Morgan fingerprint density at radius 3 is 2.25 bits per heavy atom. The van der Waals surface area contributed by atoms with Gasteiger partial charge in [-0.15, -0.1) is 0 Å². The van der Waals surface area contributed by atoms with Crippen LogP contribution in [-0.4, -0.2) is 10.9 Å². The number of carbonyl (C=O) groups excluding carboxylic acids is 1. The van der Waals surface area contributed by atoms with Crippen molar-refractivity contribution < 1.29 is 9.53 Å². The van der Waals surface area contributed by atoms with Crippen molar-refractivity contribution >= 4 is 5.91 Å². The Morgan fingerprint density at radius 1 is 0.958 bits per heavy atom. The van der Waals surface area contributed by atoms with Crippen LogP contribution in [0.15, 0.2) is 73.1 Å². The number of rotatable bonds is 3. The van der Waals surface area contributed by atoms with Crippen molar-refractivity contribution in [1.82, 2.24) is 10.3 Å². The van der Waals surface area contributed by atoms with Gasteiger partial charge in [-0.3, -0.25) is 9.78 Å². The van der Waals surface area contributed by atoms with Crippen LogP contribution in [0.1, 0.15) is 22.7 Å². The predicted molar refractivity (Wildman–Crippen MR) is 90.9 cm³/mol. The molecule has 0 saturated heterocycles. The van der Waals surface area contributed by atoms with Gasteiger partial charge in [0.05, 0.1) is 12.5 Å². The predicted octanol–water partition coefficient (Wildman–Crippen LogP) is 3.64. The van der Waals surface area contributed by atoms with Crippen LogP contribution in [0.2, 0.25) is 0 Å². The first-order valence-electron chi connectivity index (χ1n) is 7.85. The molecule has 2 heterocycles. The van der Waals surface area contributed by atoms with E-state index in [-0.39, 0.29) is 11.9 Å². The second-order valence-corrected chi connectivity index (χ2v) is 5.72. The fourth-order valence-corrected chi connectivity index (χ4v) is 2.97. The lowest BCUT2D eigenvalue weighted by molar-refractivity contribution is -0.121. The van der Waals surface area contributed by atoms with E-state index in [0.717, 1.165) is 28.2 Å². The van der Waals surface area contributed by atoms with Crippen LogP contribution in [0.4, 0.5) is 0 Å². The molecule has 0 spiro atoms. The third kappa shape index (κ3) is 2.74. The van der Waals surface area contributed by atoms with E-state index >= 15 is 0 Å². The van der Waals surface area contributed by atoms with Crippen molar-refractivity contribution in [2.45, 2.75) is 12.5 Å². The van der Waals surface area contributed by atoms with Crippen molar-refractivity contribution in [3.8, 4) is 11.5 Å². The Labute approximate surface area is 140 Å². The minimum atomic E-state index is -0.213. The van der Waals surface area contributed by atoms with Crippen LogP contribution < -0.4 is 10.1 Å². The molecule has 1 aliphatic heterocycles. The van der Waals surface area contributed by atoms with Crippen molar-refractivity contribution in [3.63, 3.8) is 0 Å². The molecule has 0 fully saturated rings. The number of ether oxygens (including phenoxy) is 1. The first kappa shape index (κ1) is 14.5. The number of fused-ring (bicyclic) bond motifs is 2. The van der Waals surface area contributed by atoms with E-state index in [1.165, 1.54) is 0 Å².